The van der Waals surface area contributed by atoms with Crippen LogP contribution < -0.4 is 5.32 Å². The Bertz CT molecular complexity index is 899. The minimum Gasteiger partial charge on any atom is -0.343 e. The van der Waals surface area contributed by atoms with Crippen LogP contribution in [0, 0.1) is 5.82 Å². The standard InChI is InChI=1S/C18H17FN4O/c1-12(14-6-8-15(19)9-7-14)11-17(24)20-13(2)18-22-21-16-5-3-4-10-23(16)18/h3-11,13H,1-2H3,(H,20,24)/b12-11+/t13-/m0/s1. The average Bonchev–Trinajstić information content (AvgIpc) is 2.99. The predicted molar refractivity (Wildman–Crippen MR) is 89.6 cm³/mol. The highest BCUT2D eigenvalue weighted by molar-refractivity contribution is 5.95. The summed E-state index contributed by atoms with van der Waals surface area (Å²) in [4.78, 5) is 12.2. The SMILES string of the molecule is C/C(=C\C(=O)N[C@@H](C)c1nnc2ccccn12)c1ccc(F)cc1. The Kier molecular flexibility index (Phi) is 4.37. The number of rotatable bonds is 4. The molecule has 0 fully saturated rings. The van der Waals surface area contributed by atoms with E-state index in [4.69, 9.17) is 0 Å². The summed E-state index contributed by atoms with van der Waals surface area (Å²) in [5, 5.41) is 11.1. The van der Waals surface area contributed by atoms with Gasteiger partial charge in [0.25, 0.3) is 0 Å². The summed E-state index contributed by atoms with van der Waals surface area (Å²) in [6.07, 6.45) is 3.35. The summed E-state index contributed by atoms with van der Waals surface area (Å²) in [5.74, 6) is 0.118. The molecular weight excluding hydrogens is 307 g/mol. The zero-order valence-corrected chi connectivity index (χ0v) is 13.4. The summed E-state index contributed by atoms with van der Waals surface area (Å²) in [6, 6.07) is 11.3. The third kappa shape index (κ3) is 3.32. The lowest BCUT2D eigenvalue weighted by Gasteiger charge is -2.11. The number of carbonyl (C=O) groups is 1. The number of nitrogens with one attached hydrogen (secondary N) is 1. The Morgan fingerprint density at radius 2 is 1.96 bits per heavy atom. The molecule has 0 unspecified atom stereocenters. The molecule has 24 heavy (non-hydrogen) atoms. The summed E-state index contributed by atoms with van der Waals surface area (Å²) in [6.45, 7) is 3.66. The maximum absolute atomic E-state index is 13.0. The zero-order chi connectivity index (χ0) is 17.1. The molecule has 0 aliphatic carbocycles. The first-order chi connectivity index (χ1) is 11.5. The molecule has 3 rings (SSSR count). The van der Waals surface area contributed by atoms with Gasteiger partial charge in [0.05, 0.1) is 6.04 Å². The van der Waals surface area contributed by atoms with Gasteiger partial charge in [0.2, 0.25) is 5.91 Å². The molecule has 2 aromatic heterocycles. The zero-order valence-electron chi connectivity index (χ0n) is 13.4. The van der Waals surface area contributed by atoms with Crippen LogP contribution >= 0.6 is 0 Å². The van der Waals surface area contributed by atoms with E-state index in [0.717, 1.165) is 16.8 Å². The number of aromatic nitrogens is 3. The van der Waals surface area contributed by atoms with Crippen molar-refractivity contribution in [3.8, 4) is 0 Å². The van der Waals surface area contributed by atoms with Crippen molar-refractivity contribution in [2.75, 3.05) is 0 Å². The van der Waals surface area contributed by atoms with Gasteiger partial charge in [-0.3, -0.25) is 9.20 Å². The second-order valence-corrected chi connectivity index (χ2v) is 5.55. The van der Waals surface area contributed by atoms with Crippen LogP contribution in [0.1, 0.15) is 31.3 Å². The molecule has 0 saturated heterocycles. The van der Waals surface area contributed by atoms with Crippen LogP contribution in [0.4, 0.5) is 4.39 Å². The molecule has 0 aliphatic rings. The second-order valence-electron chi connectivity index (χ2n) is 5.55. The van der Waals surface area contributed by atoms with E-state index in [1.807, 2.05) is 42.6 Å². The largest absolute Gasteiger partial charge is 0.343 e. The first kappa shape index (κ1) is 15.9. The highest BCUT2D eigenvalue weighted by Crippen LogP contribution is 2.15. The van der Waals surface area contributed by atoms with E-state index in [1.165, 1.54) is 18.2 Å². The number of carbonyl (C=O) groups excluding carboxylic acids is 1. The lowest BCUT2D eigenvalue weighted by molar-refractivity contribution is -0.117. The predicted octanol–water partition coefficient (Wildman–Crippen LogP) is 3.15. The van der Waals surface area contributed by atoms with Gasteiger partial charge in [-0.05, 0) is 49.2 Å². The topological polar surface area (TPSA) is 59.3 Å². The second kappa shape index (κ2) is 6.62. The molecule has 1 aromatic carbocycles. The highest BCUT2D eigenvalue weighted by Gasteiger charge is 2.14. The lowest BCUT2D eigenvalue weighted by Crippen LogP contribution is -2.26. The van der Waals surface area contributed by atoms with Crippen molar-refractivity contribution in [2.45, 2.75) is 19.9 Å². The molecule has 5 nitrogen and oxygen atoms in total. The van der Waals surface area contributed by atoms with Crippen LogP contribution in [0.3, 0.4) is 0 Å². The van der Waals surface area contributed by atoms with E-state index in [0.29, 0.717) is 5.82 Å². The van der Waals surface area contributed by atoms with Gasteiger partial charge in [-0.25, -0.2) is 4.39 Å². The summed E-state index contributed by atoms with van der Waals surface area (Å²) < 4.78 is 14.8. The third-order valence-electron chi connectivity index (χ3n) is 3.73. The number of pyridine rings is 1. The molecule has 0 aliphatic heterocycles. The number of allylic oxidation sites excluding steroid dienone is 1. The van der Waals surface area contributed by atoms with Gasteiger partial charge in [-0.1, -0.05) is 18.2 Å². The first-order valence-corrected chi connectivity index (χ1v) is 7.59. The minimum absolute atomic E-state index is 0.239. The number of halogens is 1. The number of hydrogen-bond acceptors (Lipinski definition) is 3. The van der Waals surface area contributed by atoms with Gasteiger partial charge >= 0.3 is 0 Å². The van der Waals surface area contributed by atoms with E-state index in [9.17, 15) is 9.18 Å². The number of nitrogens with zero attached hydrogens (tertiary/aromatic N) is 3. The highest BCUT2D eigenvalue weighted by atomic mass is 19.1. The van der Waals surface area contributed by atoms with Crippen molar-refractivity contribution in [1.82, 2.24) is 19.9 Å². The molecule has 0 bridgehead atoms. The van der Waals surface area contributed by atoms with Crippen LogP contribution in [0.5, 0.6) is 0 Å². The maximum atomic E-state index is 13.0. The maximum Gasteiger partial charge on any atom is 0.244 e. The van der Waals surface area contributed by atoms with Crippen LogP contribution in [0.15, 0.2) is 54.7 Å². The van der Waals surface area contributed by atoms with E-state index < -0.39 is 0 Å². The fourth-order valence-corrected chi connectivity index (χ4v) is 2.47. The fraction of sp³-hybridized carbons (Fsp3) is 0.167. The van der Waals surface area contributed by atoms with Gasteiger partial charge in [0.1, 0.15) is 5.82 Å². The molecule has 0 saturated carbocycles. The van der Waals surface area contributed by atoms with Crippen molar-refractivity contribution in [3.05, 3.63) is 71.9 Å². The number of amides is 1. The summed E-state index contributed by atoms with van der Waals surface area (Å²) in [7, 11) is 0. The lowest BCUT2D eigenvalue weighted by atomic mass is 10.1. The molecule has 2 heterocycles. The van der Waals surface area contributed by atoms with Crippen LogP contribution in [-0.2, 0) is 4.79 Å². The molecule has 6 heteroatoms. The average molecular weight is 324 g/mol. The van der Waals surface area contributed by atoms with E-state index in [-0.39, 0.29) is 17.8 Å². The first-order valence-electron chi connectivity index (χ1n) is 7.59. The van der Waals surface area contributed by atoms with Gasteiger partial charge < -0.3 is 5.32 Å². The van der Waals surface area contributed by atoms with Crippen molar-refractivity contribution in [2.24, 2.45) is 0 Å². The minimum atomic E-state index is -0.302. The Labute approximate surface area is 138 Å². The molecular formula is C18H17FN4O. The molecule has 0 radical (unpaired) electrons. The molecule has 122 valence electrons. The van der Waals surface area contributed by atoms with E-state index in [2.05, 4.69) is 15.5 Å². The van der Waals surface area contributed by atoms with Gasteiger partial charge in [0.15, 0.2) is 11.5 Å². The van der Waals surface area contributed by atoms with Crippen molar-refractivity contribution >= 4 is 17.1 Å². The Morgan fingerprint density at radius 3 is 2.71 bits per heavy atom. The van der Waals surface area contributed by atoms with Crippen LogP contribution in [0.2, 0.25) is 0 Å². The summed E-state index contributed by atoms with van der Waals surface area (Å²) in [5.41, 5.74) is 2.28. The van der Waals surface area contributed by atoms with E-state index in [1.54, 1.807) is 12.1 Å². The van der Waals surface area contributed by atoms with Crippen molar-refractivity contribution in [3.63, 3.8) is 0 Å². The smallest absolute Gasteiger partial charge is 0.244 e. The number of hydrogen-bond donors (Lipinski definition) is 1. The van der Waals surface area contributed by atoms with Crippen molar-refractivity contribution in [1.29, 1.82) is 0 Å². The Hall–Kier alpha value is -3.02. The van der Waals surface area contributed by atoms with E-state index >= 15 is 0 Å². The van der Waals surface area contributed by atoms with Crippen molar-refractivity contribution < 1.29 is 9.18 Å². The normalized spacial score (nSPS) is 13.0. The van der Waals surface area contributed by atoms with Gasteiger partial charge in [0, 0.05) is 12.3 Å². The molecule has 1 N–H and O–H groups in total. The molecule has 0 spiro atoms. The Balaban J connectivity index is 1.74. The molecule has 1 amide bonds. The third-order valence-corrected chi connectivity index (χ3v) is 3.73. The number of fused-ring (bicyclic) bond motifs is 1. The van der Waals surface area contributed by atoms with Gasteiger partial charge in [-0.15, -0.1) is 10.2 Å². The number of benzene rings is 1. The monoisotopic (exact) mass is 324 g/mol. The molecule has 3 aromatic rings. The fourth-order valence-electron chi connectivity index (χ4n) is 2.47. The molecule has 1 atom stereocenters. The van der Waals surface area contributed by atoms with Crippen LogP contribution in [-0.4, -0.2) is 20.5 Å². The van der Waals surface area contributed by atoms with Crippen LogP contribution in [0.25, 0.3) is 11.2 Å². The quantitative estimate of drug-likeness (QED) is 0.750. The Morgan fingerprint density at radius 1 is 1.21 bits per heavy atom. The van der Waals surface area contributed by atoms with Gasteiger partial charge in [-0.2, -0.15) is 0 Å². The summed E-state index contributed by atoms with van der Waals surface area (Å²) >= 11 is 0.